The topological polar surface area (TPSA) is 64.6 Å². The normalized spacial score (nSPS) is 13.9. The van der Waals surface area contributed by atoms with Crippen LogP contribution in [0.4, 0.5) is 0 Å². The van der Waals surface area contributed by atoms with Gasteiger partial charge in [-0.05, 0) is 41.5 Å². The number of hydrogen-bond acceptors (Lipinski definition) is 4. The smallest absolute Gasteiger partial charge is 0.328 e. The van der Waals surface area contributed by atoms with Gasteiger partial charge in [-0.2, -0.15) is 0 Å². The van der Waals surface area contributed by atoms with Gasteiger partial charge in [0.25, 0.3) is 0 Å². The summed E-state index contributed by atoms with van der Waals surface area (Å²) in [5, 5.41) is 2.60. The van der Waals surface area contributed by atoms with Gasteiger partial charge < -0.3 is 14.8 Å². The first-order valence-corrected chi connectivity index (χ1v) is 6.04. The van der Waals surface area contributed by atoms with Crippen molar-refractivity contribution in [2.75, 3.05) is 7.11 Å². The van der Waals surface area contributed by atoms with Crippen LogP contribution in [0.5, 0.6) is 0 Å². The molecule has 106 valence electrons. The van der Waals surface area contributed by atoms with Crippen molar-refractivity contribution in [3.05, 3.63) is 0 Å². The number of esters is 1. The van der Waals surface area contributed by atoms with Gasteiger partial charge in [0.2, 0.25) is 5.91 Å². The summed E-state index contributed by atoms with van der Waals surface area (Å²) in [5.41, 5.74) is -1.10. The van der Waals surface area contributed by atoms with Crippen molar-refractivity contribution in [3.63, 3.8) is 0 Å². The summed E-state index contributed by atoms with van der Waals surface area (Å²) in [4.78, 5) is 23.4. The van der Waals surface area contributed by atoms with Crippen molar-refractivity contribution in [3.8, 4) is 0 Å². The first-order chi connectivity index (χ1) is 7.97. The van der Waals surface area contributed by atoms with Gasteiger partial charge in [0.1, 0.15) is 11.6 Å². The van der Waals surface area contributed by atoms with Crippen LogP contribution in [0.3, 0.4) is 0 Å². The predicted octanol–water partition coefficient (Wildman–Crippen LogP) is 1.65. The van der Waals surface area contributed by atoms with Gasteiger partial charge in [-0.25, -0.2) is 4.79 Å². The fraction of sp³-hybridized carbons (Fsp3) is 0.846. The fourth-order valence-corrected chi connectivity index (χ4v) is 1.20. The molecule has 0 heterocycles. The van der Waals surface area contributed by atoms with E-state index in [1.807, 2.05) is 13.8 Å². The summed E-state index contributed by atoms with van der Waals surface area (Å²) in [6.45, 7) is 10.6. The number of rotatable bonds is 5. The summed E-state index contributed by atoms with van der Waals surface area (Å²) in [7, 11) is 1.55. The number of methoxy groups -OCH3 is 1. The van der Waals surface area contributed by atoms with Crippen LogP contribution < -0.4 is 5.32 Å². The van der Waals surface area contributed by atoms with Gasteiger partial charge in [0, 0.05) is 7.11 Å². The maximum Gasteiger partial charge on any atom is 0.328 e. The molecule has 0 unspecified atom stereocenters. The molecule has 1 amide bonds. The van der Waals surface area contributed by atoms with E-state index in [0.717, 1.165) is 0 Å². The molecular weight excluding hydrogens is 234 g/mol. The molecule has 0 radical (unpaired) electrons. The molecule has 0 aromatic rings. The molecule has 5 heteroatoms. The Kier molecular flexibility index (Phi) is 5.80. The molecule has 0 saturated carbocycles. The molecule has 0 fully saturated rings. The third-order valence-corrected chi connectivity index (χ3v) is 2.28. The average molecular weight is 259 g/mol. The van der Waals surface area contributed by atoms with Crippen LogP contribution in [-0.4, -0.2) is 36.2 Å². The van der Waals surface area contributed by atoms with Crippen molar-refractivity contribution in [1.82, 2.24) is 5.32 Å². The number of amides is 1. The summed E-state index contributed by atoms with van der Waals surface area (Å²) >= 11 is 0. The van der Waals surface area contributed by atoms with Crippen LogP contribution in [0, 0.1) is 0 Å². The van der Waals surface area contributed by atoms with E-state index in [0.29, 0.717) is 0 Å². The molecule has 0 aliphatic heterocycles. The van der Waals surface area contributed by atoms with Gasteiger partial charge in [-0.15, -0.1) is 0 Å². The van der Waals surface area contributed by atoms with Crippen molar-refractivity contribution in [1.29, 1.82) is 0 Å². The Balaban J connectivity index is 4.28. The van der Waals surface area contributed by atoms with Crippen molar-refractivity contribution in [2.24, 2.45) is 0 Å². The number of carbonyl (C=O) groups excluding carboxylic acids is 2. The van der Waals surface area contributed by atoms with E-state index >= 15 is 0 Å². The maximum atomic E-state index is 11.7. The lowest BCUT2D eigenvalue weighted by atomic mass is 10.0. The van der Waals surface area contributed by atoms with E-state index in [9.17, 15) is 9.59 Å². The lowest BCUT2D eigenvalue weighted by molar-refractivity contribution is -0.158. The Morgan fingerprint density at radius 1 is 1.17 bits per heavy atom. The average Bonchev–Trinajstić information content (AvgIpc) is 2.13. The Hall–Kier alpha value is -1.10. The second-order valence-electron chi connectivity index (χ2n) is 5.96. The van der Waals surface area contributed by atoms with Gasteiger partial charge in [0.15, 0.2) is 0 Å². The molecule has 0 rings (SSSR count). The highest BCUT2D eigenvalue weighted by molar-refractivity contribution is 5.84. The van der Waals surface area contributed by atoms with Gasteiger partial charge in [0.05, 0.1) is 12.0 Å². The Labute approximate surface area is 109 Å². The monoisotopic (exact) mass is 259 g/mol. The minimum Gasteiger partial charge on any atom is -0.458 e. The van der Waals surface area contributed by atoms with Crippen molar-refractivity contribution >= 4 is 11.9 Å². The van der Waals surface area contributed by atoms with E-state index in [2.05, 4.69) is 5.32 Å². The second kappa shape index (κ2) is 6.18. The van der Waals surface area contributed by atoms with Gasteiger partial charge in [-0.3, -0.25) is 4.79 Å². The predicted molar refractivity (Wildman–Crippen MR) is 69.2 cm³/mol. The molecule has 1 atom stereocenters. The molecule has 5 nitrogen and oxygen atoms in total. The van der Waals surface area contributed by atoms with Gasteiger partial charge >= 0.3 is 5.97 Å². The number of carbonyl (C=O) groups is 2. The summed E-state index contributed by atoms with van der Waals surface area (Å²) in [6, 6.07) is -0.663. The quantitative estimate of drug-likeness (QED) is 0.762. The number of nitrogens with one attached hydrogen (secondary N) is 1. The van der Waals surface area contributed by atoms with Crippen LogP contribution in [0.15, 0.2) is 0 Å². The van der Waals surface area contributed by atoms with E-state index in [1.165, 1.54) is 0 Å². The summed E-state index contributed by atoms with van der Waals surface area (Å²) in [5.74, 6) is -0.675. The highest BCUT2D eigenvalue weighted by atomic mass is 16.6. The molecular formula is C13H25NO4. The molecule has 0 aromatic carbocycles. The van der Waals surface area contributed by atoms with Gasteiger partial charge in [-0.1, -0.05) is 0 Å². The molecule has 18 heavy (non-hydrogen) atoms. The largest absolute Gasteiger partial charge is 0.458 e. The van der Waals surface area contributed by atoms with E-state index < -0.39 is 23.2 Å². The van der Waals surface area contributed by atoms with Crippen LogP contribution >= 0.6 is 0 Å². The molecule has 0 aromatic heterocycles. The highest BCUT2D eigenvalue weighted by Gasteiger charge is 2.26. The van der Waals surface area contributed by atoms with E-state index in [4.69, 9.17) is 9.47 Å². The number of ether oxygens (including phenoxy) is 2. The zero-order valence-electron chi connectivity index (χ0n) is 12.4. The first kappa shape index (κ1) is 16.9. The SMILES string of the molecule is COC(C)(C)CC(=O)N[C@@H](C)C(=O)OC(C)(C)C. The third kappa shape index (κ3) is 7.27. The number of hydrogen-bond donors (Lipinski definition) is 1. The second-order valence-corrected chi connectivity index (χ2v) is 5.96. The summed E-state index contributed by atoms with van der Waals surface area (Å²) in [6.07, 6.45) is 0.191. The molecule has 0 aliphatic rings. The molecule has 1 N–H and O–H groups in total. The lowest BCUT2D eigenvalue weighted by Crippen LogP contribution is -2.44. The Bertz CT molecular complexity index is 305. The van der Waals surface area contributed by atoms with E-state index in [1.54, 1.807) is 34.8 Å². The standard InChI is InChI=1S/C13H25NO4/c1-9(11(16)18-12(2,3)4)14-10(15)8-13(5,6)17-7/h9H,8H2,1-7H3,(H,14,15)/t9-/m0/s1. The van der Waals surface area contributed by atoms with Crippen LogP contribution in [0.1, 0.15) is 48.0 Å². The minimum atomic E-state index is -0.663. The molecule has 0 spiro atoms. The van der Waals surface area contributed by atoms with E-state index in [-0.39, 0.29) is 12.3 Å². The van der Waals surface area contributed by atoms with Crippen LogP contribution in [0.25, 0.3) is 0 Å². The zero-order chi connectivity index (χ0) is 14.6. The summed E-state index contributed by atoms with van der Waals surface area (Å²) < 4.78 is 10.3. The van der Waals surface area contributed by atoms with Crippen molar-refractivity contribution < 1.29 is 19.1 Å². The molecule has 0 saturated heterocycles. The maximum absolute atomic E-state index is 11.7. The highest BCUT2D eigenvalue weighted by Crippen LogP contribution is 2.13. The lowest BCUT2D eigenvalue weighted by Gasteiger charge is -2.25. The Morgan fingerprint density at radius 3 is 2.06 bits per heavy atom. The van der Waals surface area contributed by atoms with Crippen LogP contribution in [-0.2, 0) is 19.1 Å². The third-order valence-electron chi connectivity index (χ3n) is 2.28. The zero-order valence-corrected chi connectivity index (χ0v) is 12.4. The molecule has 0 aliphatic carbocycles. The Morgan fingerprint density at radius 2 is 1.67 bits per heavy atom. The minimum absolute atomic E-state index is 0.191. The van der Waals surface area contributed by atoms with Crippen molar-refractivity contribution in [2.45, 2.75) is 65.2 Å². The van der Waals surface area contributed by atoms with Crippen LogP contribution in [0.2, 0.25) is 0 Å². The molecule has 0 bridgehead atoms. The first-order valence-electron chi connectivity index (χ1n) is 6.04. The fourth-order valence-electron chi connectivity index (χ4n) is 1.20.